The van der Waals surface area contributed by atoms with E-state index in [-0.39, 0.29) is 0 Å². The van der Waals surface area contributed by atoms with Crippen molar-refractivity contribution in [2.24, 2.45) is 11.5 Å². The number of nitrogens with two attached hydrogens (primary N) is 2. The van der Waals surface area contributed by atoms with Crippen molar-refractivity contribution in [1.82, 2.24) is 0 Å². The summed E-state index contributed by atoms with van der Waals surface area (Å²) in [5, 5.41) is 0. The Morgan fingerprint density at radius 2 is 1.47 bits per heavy atom. The van der Waals surface area contributed by atoms with Gasteiger partial charge in [-0.2, -0.15) is 0 Å². The molecule has 0 radical (unpaired) electrons. The third-order valence-corrected chi connectivity index (χ3v) is 1.96. The van der Waals surface area contributed by atoms with Crippen LogP contribution >= 0.6 is 0 Å². The van der Waals surface area contributed by atoms with Crippen LogP contribution in [0.4, 0.5) is 0 Å². The maximum Gasteiger partial charge on any atom is 0.118 e. The Morgan fingerprint density at radius 1 is 0.941 bits per heavy atom. The highest BCUT2D eigenvalue weighted by Gasteiger charge is 1.84. The lowest BCUT2D eigenvalue weighted by Gasteiger charge is -1.99. The minimum absolute atomic E-state index is 0.711. The van der Waals surface area contributed by atoms with Gasteiger partial charge in [0.05, 0.1) is 7.11 Å². The molecule has 4 nitrogen and oxygen atoms in total. The van der Waals surface area contributed by atoms with Gasteiger partial charge < -0.3 is 20.9 Å². The van der Waals surface area contributed by atoms with E-state index >= 15 is 0 Å². The molecule has 4 heteroatoms. The molecule has 1 rings (SSSR count). The molecule has 0 saturated carbocycles. The summed E-state index contributed by atoms with van der Waals surface area (Å²) in [6.45, 7) is 2.97. The van der Waals surface area contributed by atoms with Gasteiger partial charge in [0.25, 0.3) is 0 Å². The first-order valence-electron chi connectivity index (χ1n) is 5.92. The van der Waals surface area contributed by atoms with Gasteiger partial charge in [0, 0.05) is 13.2 Å². The Hall–Kier alpha value is -1.10. The number of hydrogen-bond acceptors (Lipinski definition) is 4. The molecule has 0 aromatic heterocycles. The normalized spacial score (nSPS) is 9.35. The Bertz CT molecular complexity index is 236. The third kappa shape index (κ3) is 11.2. The quantitative estimate of drug-likeness (QED) is 0.707. The van der Waals surface area contributed by atoms with Crippen LogP contribution in [0.3, 0.4) is 0 Å². The SMILES string of the molecule is COc1ccccc1.NCCCOCCCN. The minimum Gasteiger partial charge on any atom is -0.497 e. The first kappa shape index (κ1) is 15.9. The lowest BCUT2D eigenvalue weighted by Crippen LogP contribution is -2.08. The van der Waals surface area contributed by atoms with Crippen LogP contribution in [0.1, 0.15) is 12.8 Å². The molecule has 0 atom stereocenters. The van der Waals surface area contributed by atoms with E-state index in [1.807, 2.05) is 30.3 Å². The molecule has 0 aliphatic carbocycles. The van der Waals surface area contributed by atoms with Gasteiger partial charge in [0.2, 0.25) is 0 Å². The molecule has 1 aromatic carbocycles. The second kappa shape index (κ2) is 13.0. The average molecular weight is 240 g/mol. The largest absolute Gasteiger partial charge is 0.497 e. The van der Waals surface area contributed by atoms with Gasteiger partial charge >= 0.3 is 0 Å². The summed E-state index contributed by atoms with van der Waals surface area (Å²) in [7, 11) is 1.66. The van der Waals surface area contributed by atoms with Crippen molar-refractivity contribution in [3.63, 3.8) is 0 Å². The summed E-state index contributed by atoms with van der Waals surface area (Å²) in [5.41, 5.74) is 10.5. The summed E-state index contributed by atoms with van der Waals surface area (Å²) in [5.74, 6) is 0.910. The Labute approximate surface area is 104 Å². The lowest BCUT2D eigenvalue weighted by atomic mass is 10.3. The lowest BCUT2D eigenvalue weighted by molar-refractivity contribution is 0.132. The van der Waals surface area contributed by atoms with E-state index in [2.05, 4.69) is 0 Å². The summed E-state index contributed by atoms with van der Waals surface area (Å²) in [4.78, 5) is 0. The molecule has 17 heavy (non-hydrogen) atoms. The summed E-state index contributed by atoms with van der Waals surface area (Å²) >= 11 is 0. The average Bonchev–Trinajstić information content (AvgIpc) is 2.40. The highest BCUT2D eigenvalue weighted by Crippen LogP contribution is 2.05. The maximum atomic E-state index is 5.24. The predicted octanol–water partition coefficient (Wildman–Crippen LogP) is 1.40. The van der Waals surface area contributed by atoms with Gasteiger partial charge in [-0.25, -0.2) is 0 Å². The Morgan fingerprint density at radius 3 is 1.82 bits per heavy atom. The zero-order valence-corrected chi connectivity index (χ0v) is 10.6. The van der Waals surface area contributed by atoms with Crippen molar-refractivity contribution in [2.45, 2.75) is 12.8 Å². The number of benzene rings is 1. The Kier molecular flexibility index (Phi) is 12.1. The zero-order chi connectivity index (χ0) is 12.8. The molecule has 0 heterocycles. The van der Waals surface area contributed by atoms with Crippen molar-refractivity contribution < 1.29 is 9.47 Å². The fraction of sp³-hybridized carbons (Fsp3) is 0.538. The number of rotatable bonds is 7. The predicted molar refractivity (Wildman–Crippen MR) is 71.2 cm³/mol. The topological polar surface area (TPSA) is 70.5 Å². The smallest absolute Gasteiger partial charge is 0.118 e. The van der Waals surface area contributed by atoms with E-state index in [0.717, 1.165) is 31.8 Å². The maximum absolute atomic E-state index is 5.24. The van der Waals surface area contributed by atoms with E-state index in [1.54, 1.807) is 7.11 Å². The van der Waals surface area contributed by atoms with Crippen molar-refractivity contribution in [3.8, 4) is 5.75 Å². The molecule has 0 saturated heterocycles. The molecule has 0 unspecified atom stereocenters. The van der Waals surface area contributed by atoms with E-state index in [4.69, 9.17) is 20.9 Å². The van der Waals surface area contributed by atoms with Gasteiger partial charge in [-0.1, -0.05) is 18.2 Å². The summed E-state index contributed by atoms with van der Waals surface area (Å²) in [6, 6.07) is 9.68. The van der Waals surface area contributed by atoms with Crippen LogP contribution in [0.15, 0.2) is 30.3 Å². The van der Waals surface area contributed by atoms with Crippen molar-refractivity contribution in [1.29, 1.82) is 0 Å². The minimum atomic E-state index is 0.711. The van der Waals surface area contributed by atoms with Gasteiger partial charge in [-0.05, 0) is 38.1 Å². The van der Waals surface area contributed by atoms with Crippen LogP contribution in [0, 0.1) is 0 Å². The first-order valence-corrected chi connectivity index (χ1v) is 5.92. The fourth-order valence-electron chi connectivity index (χ4n) is 1.03. The number of methoxy groups -OCH3 is 1. The molecule has 0 aliphatic heterocycles. The van der Waals surface area contributed by atoms with Crippen LogP contribution in [0.25, 0.3) is 0 Å². The van der Waals surface area contributed by atoms with E-state index in [9.17, 15) is 0 Å². The van der Waals surface area contributed by atoms with Gasteiger partial charge in [-0.3, -0.25) is 0 Å². The second-order valence-corrected chi connectivity index (χ2v) is 3.41. The summed E-state index contributed by atoms with van der Waals surface area (Å²) < 4.78 is 10.1. The van der Waals surface area contributed by atoms with Crippen LogP contribution < -0.4 is 16.2 Å². The van der Waals surface area contributed by atoms with E-state index < -0.39 is 0 Å². The van der Waals surface area contributed by atoms with Crippen LogP contribution in [0.5, 0.6) is 5.75 Å². The number of ether oxygens (including phenoxy) is 2. The van der Waals surface area contributed by atoms with Crippen molar-refractivity contribution in [2.75, 3.05) is 33.4 Å². The molecule has 0 spiro atoms. The van der Waals surface area contributed by atoms with Crippen molar-refractivity contribution >= 4 is 0 Å². The standard InChI is InChI=1S/C7H8O.C6H16N2O/c1-8-7-5-3-2-4-6-7;7-3-1-5-9-6-2-4-8/h2-6H,1H3;1-8H2. The number of para-hydroxylation sites is 1. The molecule has 0 aliphatic rings. The molecule has 0 bridgehead atoms. The van der Waals surface area contributed by atoms with Gasteiger partial charge in [-0.15, -0.1) is 0 Å². The molecule has 4 N–H and O–H groups in total. The molecular weight excluding hydrogens is 216 g/mol. The Balaban J connectivity index is 0.000000302. The second-order valence-electron chi connectivity index (χ2n) is 3.41. The molecular formula is C13H24N2O2. The molecule has 98 valence electrons. The number of hydrogen-bond donors (Lipinski definition) is 2. The van der Waals surface area contributed by atoms with Gasteiger partial charge in [0.15, 0.2) is 0 Å². The fourth-order valence-corrected chi connectivity index (χ4v) is 1.03. The highest BCUT2D eigenvalue weighted by molar-refractivity contribution is 5.20. The van der Waals surface area contributed by atoms with Crippen molar-refractivity contribution in [3.05, 3.63) is 30.3 Å². The van der Waals surface area contributed by atoms with Crippen LogP contribution in [-0.2, 0) is 4.74 Å². The summed E-state index contributed by atoms with van der Waals surface area (Å²) in [6.07, 6.45) is 1.90. The van der Waals surface area contributed by atoms with Gasteiger partial charge in [0.1, 0.15) is 5.75 Å². The van der Waals surface area contributed by atoms with Crippen LogP contribution in [-0.4, -0.2) is 33.4 Å². The monoisotopic (exact) mass is 240 g/mol. The van der Waals surface area contributed by atoms with Crippen LogP contribution in [0.2, 0.25) is 0 Å². The third-order valence-electron chi connectivity index (χ3n) is 1.96. The van der Waals surface area contributed by atoms with E-state index in [1.165, 1.54) is 0 Å². The zero-order valence-electron chi connectivity index (χ0n) is 10.6. The van der Waals surface area contributed by atoms with E-state index in [0.29, 0.717) is 13.1 Å². The first-order chi connectivity index (χ1) is 8.35. The highest BCUT2D eigenvalue weighted by atomic mass is 16.5. The molecule has 0 amide bonds. The molecule has 0 fully saturated rings. The molecule has 1 aromatic rings.